The third-order valence-corrected chi connectivity index (χ3v) is 9.20. The first-order valence-electron chi connectivity index (χ1n) is 12.0. The fraction of sp³-hybridized carbons (Fsp3) is 0.552. The summed E-state index contributed by atoms with van der Waals surface area (Å²) in [5, 5.41) is 11.5. The summed E-state index contributed by atoms with van der Waals surface area (Å²) < 4.78 is 0. The van der Waals surface area contributed by atoms with Crippen LogP contribution in [-0.2, 0) is 11.2 Å². The Morgan fingerprint density at radius 2 is 1.90 bits per heavy atom. The average molecular weight is 415 g/mol. The van der Waals surface area contributed by atoms with E-state index in [0.29, 0.717) is 24.0 Å². The maximum absolute atomic E-state index is 12.4. The zero-order valence-electron chi connectivity index (χ0n) is 19.1. The van der Waals surface area contributed by atoms with Crippen LogP contribution < -0.4 is 0 Å². The van der Waals surface area contributed by atoms with Gasteiger partial charge in [-0.1, -0.05) is 59.9 Å². The lowest BCUT2D eigenvalue weighted by molar-refractivity contribution is -0.115. The Hall–Kier alpha value is -2.11. The lowest BCUT2D eigenvalue weighted by Crippen LogP contribution is -2.51. The van der Waals surface area contributed by atoms with Crippen LogP contribution in [0.25, 0.3) is 0 Å². The molecule has 2 heteroatoms. The summed E-state index contributed by atoms with van der Waals surface area (Å²) in [6.07, 6.45) is 11.8. The van der Waals surface area contributed by atoms with E-state index in [0.717, 1.165) is 44.9 Å². The fourth-order valence-electron chi connectivity index (χ4n) is 7.46. The number of allylic oxidation sites excluding steroid dienone is 4. The third kappa shape index (κ3) is 3.00. The van der Waals surface area contributed by atoms with Crippen molar-refractivity contribution in [2.45, 2.75) is 77.7 Å². The average Bonchev–Trinajstić information content (AvgIpc) is 3.01. The normalized spacial score (nSPS) is 38.8. The van der Waals surface area contributed by atoms with Gasteiger partial charge in [0.05, 0.1) is 0 Å². The van der Waals surface area contributed by atoms with Crippen LogP contribution in [0.15, 0.2) is 47.6 Å². The smallest absolute Gasteiger partial charge is 0.155 e. The number of carbonyl (C=O) groups is 1. The van der Waals surface area contributed by atoms with Gasteiger partial charge in [-0.25, -0.2) is 0 Å². The van der Waals surface area contributed by atoms with Crippen molar-refractivity contribution in [3.8, 4) is 11.8 Å². The van der Waals surface area contributed by atoms with Crippen molar-refractivity contribution in [1.82, 2.24) is 0 Å². The molecule has 2 saturated carbocycles. The summed E-state index contributed by atoms with van der Waals surface area (Å²) in [7, 11) is 0. The van der Waals surface area contributed by atoms with Crippen molar-refractivity contribution in [1.29, 1.82) is 0 Å². The second kappa shape index (κ2) is 7.21. The lowest BCUT2D eigenvalue weighted by atomic mass is 9.49. The molecule has 0 saturated heterocycles. The van der Waals surface area contributed by atoms with Crippen molar-refractivity contribution in [3.63, 3.8) is 0 Å². The molecule has 0 bridgehead atoms. The monoisotopic (exact) mass is 414 g/mol. The van der Waals surface area contributed by atoms with Crippen LogP contribution in [0.4, 0.5) is 0 Å². The first-order chi connectivity index (χ1) is 14.8. The molecule has 4 aliphatic rings. The van der Waals surface area contributed by atoms with E-state index in [1.54, 1.807) is 5.57 Å². The number of benzene rings is 1. The maximum atomic E-state index is 12.4. The number of fused-ring (bicyclic) bond motifs is 5. The van der Waals surface area contributed by atoms with Gasteiger partial charge in [0.1, 0.15) is 5.60 Å². The van der Waals surface area contributed by atoms with Crippen LogP contribution in [0.2, 0.25) is 0 Å². The summed E-state index contributed by atoms with van der Waals surface area (Å²) in [6, 6.07) is 8.94. The molecule has 1 aromatic rings. The number of aryl methyl sites for hydroxylation is 1. The predicted octanol–water partition coefficient (Wildman–Crippen LogP) is 5.72. The minimum atomic E-state index is -0.878. The van der Waals surface area contributed by atoms with E-state index in [4.69, 9.17) is 0 Å². The summed E-state index contributed by atoms with van der Waals surface area (Å²) in [6.45, 7) is 6.24. The molecule has 0 spiro atoms. The van der Waals surface area contributed by atoms with E-state index >= 15 is 0 Å². The van der Waals surface area contributed by atoms with E-state index in [9.17, 15) is 9.90 Å². The van der Waals surface area contributed by atoms with Crippen molar-refractivity contribution >= 4 is 5.78 Å². The molecule has 0 aromatic heterocycles. The minimum Gasteiger partial charge on any atom is -0.377 e. The van der Waals surface area contributed by atoms with Crippen molar-refractivity contribution in [2.75, 3.05) is 0 Å². The SMILES string of the molecule is CC#CC1(O)CCC2C3CCC4=CC(=O)CCC4(Cc4ccc(C)cc4)C3=CCC21C. The number of hydrogen-bond acceptors (Lipinski definition) is 2. The van der Waals surface area contributed by atoms with Crippen LogP contribution in [0.5, 0.6) is 0 Å². The number of carbonyl (C=O) groups excluding carboxylic acids is 1. The van der Waals surface area contributed by atoms with Gasteiger partial charge in [0, 0.05) is 17.3 Å². The minimum absolute atomic E-state index is 0.0233. The molecule has 0 aliphatic heterocycles. The van der Waals surface area contributed by atoms with E-state index in [-0.39, 0.29) is 10.8 Å². The highest BCUT2D eigenvalue weighted by atomic mass is 16.3. The largest absolute Gasteiger partial charge is 0.377 e. The highest BCUT2D eigenvalue weighted by Crippen LogP contribution is 2.66. The summed E-state index contributed by atoms with van der Waals surface area (Å²) in [5.41, 5.74) is 4.49. The quantitative estimate of drug-likeness (QED) is 0.496. The Kier molecular flexibility index (Phi) is 4.83. The Bertz CT molecular complexity index is 1030. The Morgan fingerprint density at radius 1 is 1.13 bits per heavy atom. The van der Waals surface area contributed by atoms with Crippen LogP contribution in [0, 0.1) is 41.4 Å². The molecule has 2 nitrogen and oxygen atoms in total. The van der Waals surface area contributed by atoms with Gasteiger partial charge in [-0.05, 0) is 82.3 Å². The molecule has 162 valence electrons. The Balaban J connectivity index is 1.60. The number of ketones is 1. The van der Waals surface area contributed by atoms with Gasteiger partial charge in [0.15, 0.2) is 5.78 Å². The van der Waals surface area contributed by atoms with E-state index < -0.39 is 5.60 Å². The summed E-state index contributed by atoms with van der Waals surface area (Å²) >= 11 is 0. The summed E-state index contributed by atoms with van der Waals surface area (Å²) in [4.78, 5) is 12.4. The second-order valence-electron chi connectivity index (χ2n) is 10.7. The molecule has 5 unspecified atom stereocenters. The maximum Gasteiger partial charge on any atom is 0.155 e. The standard InChI is InChI=1S/C29H34O2/c1-4-14-29(31)17-13-25-24-10-9-22-18-23(30)11-16-28(22,26(24)12-15-27(25,29)3)19-21-7-5-20(2)6-8-21/h5-8,12,18,24-25,31H,9-11,13,15-17,19H2,1-3H3. The highest BCUT2D eigenvalue weighted by molar-refractivity contribution is 5.92. The van der Waals surface area contributed by atoms with Gasteiger partial charge in [-0.15, -0.1) is 5.92 Å². The fourth-order valence-corrected chi connectivity index (χ4v) is 7.46. The number of hydrogen-bond donors (Lipinski definition) is 1. The van der Waals surface area contributed by atoms with Gasteiger partial charge in [-0.2, -0.15) is 0 Å². The van der Waals surface area contributed by atoms with E-state index in [1.165, 1.54) is 16.7 Å². The highest BCUT2D eigenvalue weighted by Gasteiger charge is 2.62. The second-order valence-corrected chi connectivity index (χ2v) is 10.7. The first kappa shape index (κ1) is 20.8. The molecule has 2 fully saturated rings. The van der Waals surface area contributed by atoms with Crippen LogP contribution in [-0.4, -0.2) is 16.5 Å². The van der Waals surface area contributed by atoms with Crippen molar-refractivity contribution in [2.24, 2.45) is 22.7 Å². The van der Waals surface area contributed by atoms with Crippen LogP contribution in [0.3, 0.4) is 0 Å². The molecule has 1 aromatic carbocycles. The van der Waals surface area contributed by atoms with Gasteiger partial charge in [0.2, 0.25) is 0 Å². The molecule has 5 atom stereocenters. The number of aliphatic hydroxyl groups is 1. The molecule has 31 heavy (non-hydrogen) atoms. The molecular weight excluding hydrogens is 380 g/mol. The molecule has 0 radical (unpaired) electrons. The van der Waals surface area contributed by atoms with E-state index in [2.05, 4.69) is 56.0 Å². The molecule has 4 aliphatic carbocycles. The predicted molar refractivity (Wildman–Crippen MR) is 124 cm³/mol. The van der Waals surface area contributed by atoms with Crippen molar-refractivity contribution < 1.29 is 9.90 Å². The zero-order chi connectivity index (χ0) is 21.9. The third-order valence-electron chi connectivity index (χ3n) is 9.20. The topological polar surface area (TPSA) is 37.3 Å². The van der Waals surface area contributed by atoms with Gasteiger partial charge >= 0.3 is 0 Å². The zero-order valence-corrected chi connectivity index (χ0v) is 19.1. The first-order valence-corrected chi connectivity index (χ1v) is 12.0. The Labute approximate surface area is 186 Å². The molecule has 5 rings (SSSR count). The van der Waals surface area contributed by atoms with Crippen molar-refractivity contribution in [3.05, 3.63) is 58.7 Å². The van der Waals surface area contributed by atoms with Gasteiger partial charge in [0.25, 0.3) is 0 Å². The lowest BCUT2D eigenvalue weighted by Gasteiger charge is -2.55. The molecule has 0 amide bonds. The Morgan fingerprint density at radius 3 is 2.65 bits per heavy atom. The number of rotatable bonds is 2. The molecule has 0 heterocycles. The van der Waals surface area contributed by atoms with Crippen LogP contribution in [0.1, 0.15) is 69.9 Å². The van der Waals surface area contributed by atoms with Crippen LogP contribution >= 0.6 is 0 Å². The van der Waals surface area contributed by atoms with E-state index in [1.807, 2.05) is 13.0 Å². The summed E-state index contributed by atoms with van der Waals surface area (Å²) in [5.74, 6) is 7.45. The van der Waals surface area contributed by atoms with Gasteiger partial charge in [-0.3, -0.25) is 4.79 Å². The van der Waals surface area contributed by atoms with Gasteiger partial charge < -0.3 is 5.11 Å². The molecule has 1 N–H and O–H groups in total. The molecular formula is C29H34O2.